The monoisotopic (exact) mass is 338 g/mol. The molecule has 0 atom stereocenters. The first-order valence-electron chi connectivity index (χ1n) is 6.78. The molecule has 0 saturated heterocycles. The Hall–Kier alpha value is -1.92. The van der Waals surface area contributed by atoms with Crippen molar-refractivity contribution in [2.45, 2.75) is 19.3 Å². The molecule has 0 aliphatic carbocycles. The van der Waals surface area contributed by atoms with Gasteiger partial charge in [-0.3, -0.25) is 9.59 Å². The number of benzene rings is 1. The Morgan fingerprint density at radius 2 is 2.05 bits per heavy atom. The number of carbonyl (C=O) groups is 2. The molecule has 5 nitrogen and oxygen atoms in total. The minimum absolute atomic E-state index is 0.114. The van der Waals surface area contributed by atoms with Gasteiger partial charge in [0.2, 0.25) is 0 Å². The van der Waals surface area contributed by atoms with Crippen LogP contribution in [0.4, 0.5) is 0 Å². The number of rotatable bonds is 7. The van der Waals surface area contributed by atoms with Crippen LogP contribution in [0.3, 0.4) is 0 Å². The van der Waals surface area contributed by atoms with E-state index in [9.17, 15) is 9.59 Å². The maximum absolute atomic E-state index is 12.0. The third-order valence-electron chi connectivity index (χ3n) is 2.94. The molecule has 0 aliphatic heterocycles. The van der Waals surface area contributed by atoms with Gasteiger partial charge in [-0.1, -0.05) is 29.8 Å². The molecule has 22 heavy (non-hydrogen) atoms. The van der Waals surface area contributed by atoms with Crippen molar-refractivity contribution in [1.29, 1.82) is 0 Å². The van der Waals surface area contributed by atoms with E-state index in [1.165, 1.54) is 11.3 Å². The van der Waals surface area contributed by atoms with Gasteiger partial charge in [0, 0.05) is 23.9 Å². The molecule has 7 heteroatoms. The van der Waals surface area contributed by atoms with Crippen molar-refractivity contribution >= 4 is 34.8 Å². The lowest BCUT2D eigenvalue weighted by Gasteiger charge is -2.02. The molecule has 0 saturated carbocycles. The van der Waals surface area contributed by atoms with Gasteiger partial charge in [0.05, 0.1) is 5.02 Å². The lowest BCUT2D eigenvalue weighted by Crippen LogP contribution is -2.24. The number of halogens is 1. The Labute approximate surface area is 137 Å². The van der Waals surface area contributed by atoms with Gasteiger partial charge < -0.3 is 10.4 Å². The van der Waals surface area contributed by atoms with Crippen molar-refractivity contribution in [1.82, 2.24) is 10.3 Å². The summed E-state index contributed by atoms with van der Waals surface area (Å²) in [6, 6.07) is 7.34. The van der Waals surface area contributed by atoms with Crippen molar-refractivity contribution in [2.75, 3.05) is 6.54 Å². The molecule has 2 aromatic rings. The van der Waals surface area contributed by atoms with Gasteiger partial charge in [-0.05, 0) is 18.9 Å². The van der Waals surface area contributed by atoms with Crippen LogP contribution in [0, 0.1) is 0 Å². The second-order valence-corrected chi connectivity index (χ2v) is 5.89. The number of carboxylic acid groups (broad SMARTS) is 1. The molecule has 2 N–H and O–H groups in total. The van der Waals surface area contributed by atoms with Crippen LogP contribution in [0.25, 0.3) is 10.6 Å². The average molecular weight is 339 g/mol. The van der Waals surface area contributed by atoms with Crippen LogP contribution < -0.4 is 5.32 Å². The predicted octanol–water partition coefficient (Wildman–Crippen LogP) is 3.45. The van der Waals surface area contributed by atoms with Crippen LogP contribution in [-0.2, 0) is 4.79 Å². The number of aliphatic carboxylic acids is 1. The van der Waals surface area contributed by atoms with Crippen LogP contribution in [-0.4, -0.2) is 28.5 Å². The molecule has 0 fully saturated rings. The summed E-state index contributed by atoms with van der Waals surface area (Å²) in [6.07, 6.45) is 1.28. The molecule has 0 bridgehead atoms. The van der Waals surface area contributed by atoms with E-state index in [4.69, 9.17) is 16.7 Å². The Morgan fingerprint density at radius 1 is 1.27 bits per heavy atom. The molecule has 1 aromatic heterocycles. The van der Waals surface area contributed by atoms with Crippen molar-refractivity contribution in [2.24, 2.45) is 0 Å². The van der Waals surface area contributed by atoms with Crippen molar-refractivity contribution in [3.05, 3.63) is 40.4 Å². The van der Waals surface area contributed by atoms with E-state index < -0.39 is 5.97 Å². The van der Waals surface area contributed by atoms with Crippen LogP contribution in [0.5, 0.6) is 0 Å². The highest BCUT2D eigenvalue weighted by Gasteiger charge is 2.13. The minimum Gasteiger partial charge on any atom is -0.481 e. The maximum Gasteiger partial charge on any atom is 0.303 e. The Bertz CT molecular complexity index is 672. The van der Waals surface area contributed by atoms with E-state index in [0.29, 0.717) is 35.1 Å². The summed E-state index contributed by atoms with van der Waals surface area (Å²) >= 11 is 7.47. The summed E-state index contributed by atoms with van der Waals surface area (Å²) in [7, 11) is 0. The molecule has 0 spiro atoms. The van der Waals surface area contributed by atoms with Gasteiger partial charge in [-0.15, -0.1) is 11.3 Å². The summed E-state index contributed by atoms with van der Waals surface area (Å²) in [6.45, 7) is 0.436. The van der Waals surface area contributed by atoms with Gasteiger partial charge in [0.15, 0.2) is 0 Å². The highest BCUT2D eigenvalue weighted by molar-refractivity contribution is 7.13. The largest absolute Gasteiger partial charge is 0.481 e. The second kappa shape index (κ2) is 7.91. The van der Waals surface area contributed by atoms with Gasteiger partial charge >= 0.3 is 5.97 Å². The van der Waals surface area contributed by atoms with Crippen molar-refractivity contribution in [3.63, 3.8) is 0 Å². The molecular weight excluding hydrogens is 324 g/mol. The number of thiazole rings is 1. The van der Waals surface area contributed by atoms with Gasteiger partial charge in [0.1, 0.15) is 10.7 Å². The first kappa shape index (κ1) is 16.5. The minimum atomic E-state index is -0.824. The number of nitrogens with one attached hydrogen (secondary N) is 1. The van der Waals surface area contributed by atoms with E-state index in [0.717, 1.165) is 5.56 Å². The zero-order chi connectivity index (χ0) is 15.9. The number of carboxylic acids is 1. The molecule has 1 aromatic carbocycles. The van der Waals surface area contributed by atoms with Crippen molar-refractivity contribution in [3.8, 4) is 10.6 Å². The van der Waals surface area contributed by atoms with Crippen molar-refractivity contribution < 1.29 is 14.7 Å². The second-order valence-electron chi connectivity index (χ2n) is 4.62. The first-order valence-corrected chi connectivity index (χ1v) is 8.04. The fourth-order valence-corrected chi connectivity index (χ4v) is 2.95. The van der Waals surface area contributed by atoms with Crippen LogP contribution >= 0.6 is 22.9 Å². The number of unbranched alkanes of at least 4 members (excludes halogenated alkanes) is 1. The van der Waals surface area contributed by atoms with Crippen LogP contribution in [0.2, 0.25) is 5.02 Å². The Balaban J connectivity index is 1.90. The lowest BCUT2D eigenvalue weighted by atomic mass is 10.2. The Kier molecular flexibility index (Phi) is 5.91. The highest BCUT2D eigenvalue weighted by atomic mass is 35.5. The zero-order valence-corrected chi connectivity index (χ0v) is 13.3. The van der Waals surface area contributed by atoms with Crippen LogP contribution in [0.15, 0.2) is 29.6 Å². The number of amides is 1. The summed E-state index contributed by atoms with van der Waals surface area (Å²) in [4.78, 5) is 26.6. The molecule has 116 valence electrons. The van der Waals surface area contributed by atoms with Crippen LogP contribution in [0.1, 0.15) is 29.8 Å². The van der Waals surface area contributed by atoms with E-state index in [-0.39, 0.29) is 12.3 Å². The molecule has 1 amide bonds. The van der Waals surface area contributed by atoms with Gasteiger partial charge in [-0.25, -0.2) is 4.98 Å². The van der Waals surface area contributed by atoms with Gasteiger partial charge in [0.25, 0.3) is 5.91 Å². The summed E-state index contributed by atoms with van der Waals surface area (Å²) in [5.41, 5.74) is 1.15. The number of carbonyl (C=O) groups excluding carboxylic acids is 1. The Morgan fingerprint density at radius 3 is 2.77 bits per heavy atom. The SMILES string of the molecule is O=C(O)CCCCNC(=O)c1csc(-c2ccccc2Cl)n1. The third-order valence-corrected chi connectivity index (χ3v) is 4.15. The first-order chi connectivity index (χ1) is 10.6. The van der Waals surface area contributed by atoms with E-state index in [1.807, 2.05) is 18.2 Å². The number of hydrogen-bond acceptors (Lipinski definition) is 4. The summed E-state index contributed by atoms with van der Waals surface area (Å²) in [5, 5.41) is 14.2. The summed E-state index contributed by atoms with van der Waals surface area (Å²) < 4.78 is 0. The normalized spacial score (nSPS) is 10.4. The average Bonchev–Trinajstić information content (AvgIpc) is 2.96. The fraction of sp³-hybridized carbons (Fsp3) is 0.267. The molecular formula is C15H15ClN2O3S. The maximum atomic E-state index is 12.0. The number of aromatic nitrogens is 1. The van der Waals surface area contributed by atoms with Gasteiger partial charge in [-0.2, -0.15) is 0 Å². The molecule has 0 unspecified atom stereocenters. The van der Waals surface area contributed by atoms with E-state index >= 15 is 0 Å². The fourth-order valence-electron chi connectivity index (χ4n) is 1.83. The third kappa shape index (κ3) is 4.54. The molecule has 1 heterocycles. The smallest absolute Gasteiger partial charge is 0.303 e. The molecule has 0 radical (unpaired) electrons. The molecule has 2 rings (SSSR count). The predicted molar refractivity (Wildman–Crippen MR) is 86.4 cm³/mol. The highest BCUT2D eigenvalue weighted by Crippen LogP contribution is 2.29. The van der Waals surface area contributed by atoms with E-state index in [2.05, 4.69) is 10.3 Å². The standard InChI is InChI=1S/C15H15ClN2O3S/c16-11-6-2-1-5-10(11)15-18-12(9-22-15)14(21)17-8-4-3-7-13(19)20/h1-2,5-6,9H,3-4,7-8H2,(H,17,21)(H,19,20). The molecule has 0 aliphatic rings. The quantitative estimate of drug-likeness (QED) is 0.758. The lowest BCUT2D eigenvalue weighted by molar-refractivity contribution is -0.137. The topological polar surface area (TPSA) is 79.3 Å². The van der Waals surface area contributed by atoms with E-state index in [1.54, 1.807) is 11.4 Å². The zero-order valence-electron chi connectivity index (χ0n) is 11.7. The summed E-state index contributed by atoms with van der Waals surface area (Å²) in [5.74, 6) is -1.08. The number of nitrogens with zero attached hydrogens (tertiary/aromatic N) is 1. The number of hydrogen-bond donors (Lipinski definition) is 2.